The van der Waals surface area contributed by atoms with Crippen LogP contribution in [0, 0.1) is 30.0 Å². The van der Waals surface area contributed by atoms with Gasteiger partial charge in [0, 0.05) is 66.8 Å². The van der Waals surface area contributed by atoms with E-state index in [1.165, 1.54) is 12.1 Å². The molecule has 2 fully saturated rings. The van der Waals surface area contributed by atoms with E-state index in [1.54, 1.807) is 77.6 Å². The lowest BCUT2D eigenvalue weighted by atomic mass is 9.79. The van der Waals surface area contributed by atoms with Crippen molar-refractivity contribution in [1.29, 1.82) is 0 Å². The van der Waals surface area contributed by atoms with E-state index in [4.69, 9.17) is 4.74 Å². The number of imidazole rings is 1. The molecule has 2 amide bonds. The second kappa shape index (κ2) is 13.4. The molecule has 2 N–H and O–H groups in total. The number of carbonyl (C=O) groups excluding carboxylic acids is 3. The third kappa shape index (κ3) is 6.90. The average molecular weight is 718 g/mol. The molecule has 4 aromatic rings. The number of carbonyl (C=O) groups is 3. The maximum atomic E-state index is 15.1. The lowest BCUT2D eigenvalue weighted by Crippen LogP contribution is -2.53. The summed E-state index contributed by atoms with van der Waals surface area (Å²) in [5.74, 6) is -5.91. The Morgan fingerprint density at radius 2 is 1.83 bits per heavy atom. The van der Waals surface area contributed by atoms with Crippen molar-refractivity contribution in [3.63, 3.8) is 0 Å². The fraction of sp³-hybridized carbons (Fsp3) is 0.447. The molecular weight excluding hydrogens is 675 g/mol. The number of halogens is 3. The van der Waals surface area contributed by atoms with Crippen LogP contribution in [-0.4, -0.2) is 60.5 Å². The Balaban J connectivity index is 1.14. The molecule has 1 saturated heterocycles. The maximum Gasteiger partial charge on any atom is 0.312 e. The number of aromatic nitrogens is 4. The van der Waals surface area contributed by atoms with Crippen LogP contribution in [0.5, 0.6) is 0 Å². The van der Waals surface area contributed by atoms with E-state index >= 15 is 8.78 Å². The van der Waals surface area contributed by atoms with Gasteiger partial charge in [-0.05, 0) is 89.1 Å². The van der Waals surface area contributed by atoms with Gasteiger partial charge in [0.2, 0.25) is 11.8 Å². The van der Waals surface area contributed by atoms with E-state index in [2.05, 4.69) is 20.7 Å². The molecular formula is C38H42F3N7O4. The number of likely N-dealkylation sites (tertiary alicyclic amines) is 1. The van der Waals surface area contributed by atoms with Crippen LogP contribution in [0.25, 0.3) is 5.69 Å². The van der Waals surface area contributed by atoms with Crippen LogP contribution in [0.1, 0.15) is 86.0 Å². The van der Waals surface area contributed by atoms with Crippen LogP contribution in [-0.2, 0) is 21.1 Å². The van der Waals surface area contributed by atoms with Crippen LogP contribution in [0.3, 0.4) is 0 Å². The Bertz CT molecular complexity index is 1990. The van der Waals surface area contributed by atoms with Gasteiger partial charge in [0.25, 0.3) is 5.91 Å². The minimum absolute atomic E-state index is 0.0793. The molecule has 4 heterocycles. The van der Waals surface area contributed by atoms with Crippen molar-refractivity contribution in [2.24, 2.45) is 17.3 Å². The van der Waals surface area contributed by atoms with Crippen LogP contribution in [0.4, 0.5) is 18.9 Å². The van der Waals surface area contributed by atoms with Gasteiger partial charge in [-0.2, -0.15) is 5.10 Å². The van der Waals surface area contributed by atoms with Crippen molar-refractivity contribution >= 4 is 23.5 Å². The van der Waals surface area contributed by atoms with Crippen molar-refractivity contribution in [3.8, 4) is 5.69 Å². The highest BCUT2D eigenvalue weighted by Gasteiger charge is 2.52. The van der Waals surface area contributed by atoms with E-state index in [0.717, 1.165) is 11.4 Å². The van der Waals surface area contributed by atoms with E-state index in [0.29, 0.717) is 29.1 Å². The largest absolute Gasteiger partial charge is 0.443 e. The van der Waals surface area contributed by atoms with Gasteiger partial charge in [-0.25, -0.2) is 22.8 Å². The van der Waals surface area contributed by atoms with Gasteiger partial charge in [-0.15, -0.1) is 0 Å². The molecule has 1 aliphatic carbocycles. The zero-order valence-electron chi connectivity index (χ0n) is 29.5. The van der Waals surface area contributed by atoms with Gasteiger partial charge in [0.1, 0.15) is 11.6 Å². The molecule has 5 atom stereocenters. The third-order valence-electron chi connectivity index (χ3n) is 10.3. The Morgan fingerprint density at radius 3 is 2.54 bits per heavy atom. The Morgan fingerprint density at radius 1 is 1.06 bits per heavy atom. The number of fused-ring (bicyclic) bond motifs is 3. The van der Waals surface area contributed by atoms with Gasteiger partial charge in [-0.1, -0.05) is 0 Å². The Hall–Kier alpha value is -5.14. The van der Waals surface area contributed by atoms with Gasteiger partial charge in [-0.3, -0.25) is 19.0 Å². The molecule has 11 nitrogen and oxygen atoms in total. The van der Waals surface area contributed by atoms with Crippen LogP contribution >= 0.6 is 0 Å². The molecule has 2 aromatic carbocycles. The van der Waals surface area contributed by atoms with Gasteiger partial charge >= 0.3 is 5.97 Å². The van der Waals surface area contributed by atoms with E-state index in [9.17, 15) is 18.8 Å². The first-order chi connectivity index (χ1) is 24.7. The maximum absolute atomic E-state index is 15.1. The number of aryl methyl sites for hydroxylation is 1. The second-order valence-electron chi connectivity index (χ2n) is 15.1. The molecule has 2 aromatic heterocycles. The van der Waals surface area contributed by atoms with Crippen molar-refractivity contribution in [2.45, 2.75) is 84.2 Å². The Kier molecular flexibility index (Phi) is 9.12. The first kappa shape index (κ1) is 35.3. The standard InChI is InChI=1S/C38H42F3N7O4/c1-22-12-17-48(45-22)25-8-5-23(6-9-25)34(49)44-30-11-14-38(40,41)20-28(30)35(50)47-16-13-26-31(43-29-10-7-24(39)19-27(29)32(26)47)33-42-15-18-46(33)21-52-36(51)37(2,3)4/h5-10,12,15,17-19,26,28,30-32,43H,11,13-14,16,20-21H2,1-4H3,(H,44,49)/t26-,28+,30-,31-,32-/m1/s1. The van der Waals surface area contributed by atoms with Crippen LogP contribution < -0.4 is 10.6 Å². The predicted molar refractivity (Wildman–Crippen MR) is 185 cm³/mol. The van der Waals surface area contributed by atoms with E-state index < -0.39 is 65.9 Å². The van der Waals surface area contributed by atoms with Gasteiger partial charge < -0.3 is 20.3 Å². The number of esters is 1. The lowest BCUT2D eigenvalue weighted by molar-refractivity contribution is -0.157. The monoisotopic (exact) mass is 717 g/mol. The minimum Gasteiger partial charge on any atom is -0.443 e. The van der Waals surface area contributed by atoms with Crippen molar-refractivity contribution in [1.82, 2.24) is 29.5 Å². The van der Waals surface area contributed by atoms with Crippen LogP contribution in [0.2, 0.25) is 0 Å². The number of hydrogen-bond acceptors (Lipinski definition) is 7. The third-order valence-corrected chi connectivity index (χ3v) is 10.3. The normalized spacial score (nSPS) is 23.7. The number of ether oxygens (including phenoxy) is 1. The molecule has 2 aliphatic heterocycles. The summed E-state index contributed by atoms with van der Waals surface area (Å²) < 4.78 is 53.9. The molecule has 3 aliphatic rings. The quantitative estimate of drug-likeness (QED) is 0.214. The van der Waals surface area contributed by atoms with E-state index in [1.807, 2.05) is 19.2 Å². The minimum atomic E-state index is -3.10. The summed E-state index contributed by atoms with van der Waals surface area (Å²) in [6.07, 6.45) is 4.31. The number of amides is 2. The SMILES string of the molecule is Cc1ccn(-c2ccc(C(=O)N[C@@H]3CCC(F)(F)C[C@@H]3C(=O)N3CC[C@@H]4[C@H](c5nccn5COC(=O)C(C)(C)C)Nc5ccc(F)cc5[C@@H]43)cc2)n1. The van der Waals surface area contributed by atoms with Gasteiger partial charge in [0.05, 0.1) is 34.8 Å². The molecule has 0 bridgehead atoms. The molecule has 0 unspecified atom stereocenters. The fourth-order valence-corrected chi connectivity index (χ4v) is 7.66. The number of hydrogen-bond donors (Lipinski definition) is 2. The summed E-state index contributed by atoms with van der Waals surface area (Å²) in [5.41, 5.74) is 2.34. The summed E-state index contributed by atoms with van der Waals surface area (Å²) in [5, 5.41) is 10.7. The predicted octanol–water partition coefficient (Wildman–Crippen LogP) is 6.35. The topological polar surface area (TPSA) is 123 Å². The first-order valence-electron chi connectivity index (χ1n) is 17.5. The van der Waals surface area contributed by atoms with E-state index in [-0.39, 0.29) is 31.6 Å². The number of anilines is 1. The molecule has 0 radical (unpaired) electrons. The highest BCUT2D eigenvalue weighted by Crippen LogP contribution is 2.52. The fourth-order valence-electron chi connectivity index (χ4n) is 7.66. The smallest absolute Gasteiger partial charge is 0.312 e. The molecule has 274 valence electrons. The molecule has 7 rings (SSSR count). The highest BCUT2D eigenvalue weighted by atomic mass is 19.3. The van der Waals surface area contributed by atoms with Crippen molar-refractivity contribution < 1.29 is 32.3 Å². The molecule has 0 spiro atoms. The highest BCUT2D eigenvalue weighted by molar-refractivity contribution is 5.95. The molecule has 14 heteroatoms. The summed E-state index contributed by atoms with van der Waals surface area (Å²) in [6.45, 7) is 7.31. The van der Waals surface area contributed by atoms with Gasteiger partial charge in [0.15, 0.2) is 6.73 Å². The zero-order chi connectivity index (χ0) is 36.9. The summed E-state index contributed by atoms with van der Waals surface area (Å²) >= 11 is 0. The van der Waals surface area contributed by atoms with Crippen molar-refractivity contribution in [2.75, 3.05) is 11.9 Å². The number of nitrogens with one attached hydrogen (secondary N) is 2. The number of alkyl halides is 2. The summed E-state index contributed by atoms with van der Waals surface area (Å²) in [7, 11) is 0. The van der Waals surface area contributed by atoms with Crippen molar-refractivity contribution in [3.05, 3.63) is 95.6 Å². The molecule has 1 saturated carbocycles. The average Bonchev–Trinajstić information content (AvgIpc) is 3.87. The summed E-state index contributed by atoms with van der Waals surface area (Å²) in [4.78, 5) is 46.7. The molecule has 52 heavy (non-hydrogen) atoms. The lowest BCUT2D eigenvalue weighted by Gasteiger charge is -2.42. The first-order valence-corrected chi connectivity index (χ1v) is 17.5. The Labute approximate surface area is 299 Å². The summed E-state index contributed by atoms with van der Waals surface area (Å²) in [6, 6.07) is 10.9. The second-order valence-corrected chi connectivity index (χ2v) is 15.1. The van der Waals surface area contributed by atoms with Crippen LogP contribution in [0.15, 0.2) is 67.1 Å². The number of rotatable bonds is 7. The number of benzene rings is 2. The zero-order valence-corrected chi connectivity index (χ0v) is 29.5. The number of nitrogens with zero attached hydrogens (tertiary/aromatic N) is 5.